The van der Waals surface area contributed by atoms with E-state index in [4.69, 9.17) is 0 Å². The van der Waals surface area contributed by atoms with Gasteiger partial charge >= 0.3 is 6.03 Å². The van der Waals surface area contributed by atoms with Crippen LogP contribution in [0.5, 0.6) is 0 Å². The molecule has 2 N–H and O–H groups in total. The number of aromatic amines is 1. The maximum absolute atomic E-state index is 11.8. The topological polar surface area (TPSA) is 124 Å². The van der Waals surface area contributed by atoms with E-state index in [1.165, 1.54) is 4.90 Å². The van der Waals surface area contributed by atoms with Crippen molar-refractivity contribution in [1.29, 1.82) is 0 Å². The van der Waals surface area contributed by atoms with Crippen molar-refractivity contribution < 1.29 is 14.4 Å². The molecule has 2 rings (SSSR count). The van der Waals surface area contributed by atoms with E-state index in [2.05, 4.69) is 25.9 Å². The Morgan fingerprint density at radius 1 is 1.48 bits per heavy atom. The molecule has 1 saturated heterocycles. The third-order valence-corrected chi connectivity index (χ3v) is 3.14. The maximum atomic E-state index is 11.8. The lowest BCUT2D eigenvalue weighted by Gasteiger charge is -2.14. The number of amides is 4. The van der Waals surface area contributed by atoms with Crippen LogP contribution in [-0.2, 0) is 9.59 Å². The molecule has 1 aliphatic heterocycles. The number of rotatable bonds is 6. The van der Waals surface area contributed by atoms with Crippen LogP contribution in [0.15, 0.2) is 0 Å². The molecule has 1 fully saturated rings. The molecule has 0 saturated carbocycles. The third-order valence-electron chi connectivity index (χ3n) is 3.14. The number of imide groups is 1. The summed E-state index contributed by atoms with van der Waals surface area (Å²) in [6, 6.07) is -0.669. The van der Waals surface area contributed by atoms with Crippen LogP contribution in [0, 0.1) is 0 Å². The SMILES string of the molecule is CC(NC(=O)CCCN1C(=O)CN(C)C1=O)c1nn[nH]n1. The first-order chi connectivity index (χ1) is 9.99. The number of aromatic nitrogens is 4. The highest BCUT2D eigenvalue weighted by atomic mass is 16.2. The highest BCUT2D eigenvalue weighted by Gasteiger charge is 2.32. The normalized spacial score (nSPS) is 16.5. The Labute approximate surface area is 120 Å². The second-order valence-corrected chi connectivity index (χ2v) is 4.85. The fourth-order valence-corrected chi connectivity index (χ4v) is 2.02. The van der Waals surface area contributed by atoms with E-state index in [-0.39, 0.29) is 43.4 Å². The van der Waals surface area contributed by atoms with Crippen molar-refractivity contribution in [3.05, 3.63) is 5.82 Å². The lowest BCUT2D eigenvalue weighted by atomic mass is 10.2. The fraction of sp³-hybridized carbons (Fsp3) is 0.636. The van der Waals surface area contributed by atoms with Crippen LogP contribution in [-0.4, -0.2) is 68.4 Å². The molecule has 1 atom stereocenters. The minimum absolute atomic E-state index is 0.0971. The lowest BCUT2D eigenvalue weighted by molar-refractivity contribution is -0.126. The van der Waals surface area contributed by atoms with Crippen LogP contribution in [0.3, 0.4) is 0 Å². The second kappa shape index (κ2) is 6.29. The molecule has 0 aliphatic carbocycles. The number of hydrogen-bond donors (Lipinski definition) is 2. The number of likely N-dealkylation sites (N-methyl/N-ethyl adjacent to an activating group) is 1. The van der Waals surface area contributed by atoms with Crippen LogP contribution < -0.4 is 5.32 Å². The first kappa shape index (κ1) is 14.9. The molecule has 1 aromatic rings. The molecule has 0 spiro atoms. The molecule has 21 heavy (non-hydrogen) atoms. The van der Waals surface area contributed by atoms with Gasteiger partial charge in [-0.15, -0.1) is 10.2 Å². The summed E-state index contributed by atoms with van der Waals surface area (Å²) in [5.74, 6) is -0.0299. The third kappa shape index (κ3) is 3.52. The van der Waals surface area contributed by atoms with Gasteiger partial charge in [-0.05, 0) is 13.3 Å². The van der Waals surface area contributed by atoms with Gasteiger partial charge in [0, 0.05) is 20.0 Å². The molecule has 0 radical (unpaired) electrons. The van der Waals surface area contributed by atoms with Crippen molar-refractivity contribution in [1.82, 2.24) is 35.7 Å². The van der Waals surface area contributed by atoms with Crippen molar-refractivity contribution in [2.45, 2.75) is 25.8 Å². The van der Waals surface area contributed by atoms with E-state index in [1.54, 1.807) is 14.0 Å². The zero-order valence-electron chi connectivity index (χ0n) is 11.9. The fourth-order valence-electron chi connectivity index (χ4n) is 2.02. The summed E-state index contributed by atoms with van der Waals surface area (Å²) in [4.78, 5) is 37.4. The molecular formula is C11H17N7O3. The summed E-state index contributed by atoms with van der Waals surface area (Å²) < 4.78 is 0. The average Bonchev–Trinajstić information content (AvgIpc) is 3.03. The Balaban J connectivity index is 1.72. The average molecular weight is 295 g/mol. The first-order valence-corrected chi connectivity index (χ1v) is 6.57. The number of urea groups is 1. The molecule has 1 aliphatic rings. The predicted octanol–water partition coefficient (Wildman–Crippen LogP) is -0.949. The largest absolute Gasteiger partial charge is 0.346 e. The lowest BCUT2D eigenvalue weighted by Crippen LogP contribution is -2.33. The molecule has 1 unspecified atom stereocenters. The van der Waals surface area contributed by atoms with Gasteiger partial charge in [0.2, 0.25) is 11.8 Å². The van der Waals surface area contributed by atoms with Crippen LogP contribution in [0.25, 0.3) is 0 Å². The summed E-state index contributed by atoms with van der Waals surface area (Å²) in [5.41, 5.74) is 0. The maximum Gasteiger partial charge on any atom is 0.326 e. The van der Waals surface area contributed by atoms with Gasteiger partial charge in [-0.1, -0.05) is 5.21 Å². The van der Waals surface area contributed by atoms with Crippen molar-refractivity contribution >= 4 is 17.8 Å². The Bertz CT molecular complexity index is 530. The Morgan fingerprint density at radius 3 is 2.81 bits per heavy atom. The smallest absolute Gasteiger partial charge is 0.326 e. The Hall–Kier alpha value is -2.52. The van der Waals surface area contributed by atoms with Crippen LogP contribution in [0.1, 0.15) is 31.6 Å². The molecule has 0 aromatic carbocycles. The summed E-state index contributed by atoms with van der Waals surface area (Å²) in [6.45, 7) is 2.08. The van der Waals surface area contributed by atoms with Crippen LogP contribution >= 0.6 is 0 Å². The monoisotopic (exact) mass is 295 g/mol. The van der Waals surface area contributed by atoms with Crippen molar-refractivity contribution in [2.75, 3.05) is 20.1 Å². The van der Waals surface area contributed by atoms with E-state index >= 15 is 0 Å². The van der Waals surface area contributed by atoms with Gasteiger partial charge in [-0.2, -0.15) is 5.21 Å². The minimum atomic E-state index is -0.350. The quantitative estimate of drug-likeness (QED) is 0.652. The van der Waals surface area contributed by atoms with E-state index < -0.39 is 0 Å². The second-order valence-electron chi connectivity index (χ2n) is 4.85. The number of tetrazole rings is 1. The van der Waals surface area contributed by atoms with Gasteiger partial charge in [0.25, 0.3) is 0 Å². The zero-order valence-corrected chi connectivity index (χ0v) is 11.9. The number of carbonyl (C=O) groups is 3. The predicted molar refractivity (Wildman–Crippen MR) is 69.7 cm³/mol. The van der Waals surface area contributed by atoms with Crippen LogP contribution in [0.2, 0.25) is 0 Å². The molecule has 1 aromatic heterocycles. The van der Waals surface area contributed by atoms with Crippen molar-refractivity contribution in [3.8, 4) is 0 Å². The summed E-state index contributed by atoms with van der Waals surface area (Å²) >= 11 is 0. The van der Waals surface area contributed by atoms with E-state index in [0.29, 0.717) is 12.2 Å². The van der Waals surface area contributed by atoms with E-state index in [0.717, 1.165) is 4.90 Å². The minimum Gasteiger partial charge on any atom is -0.346 e. The first-order valence-electron chi connectivity index (χ1n) is 6.57. The Morgan fingerprint density at radius 2 is 2.24 bits per heavy atom. The highest BCUT2D eigenvalue weighted by Crippen LogP contribution is 2.09. The molecular weight excluding hydrogens is 278 g/mol. The van der Waals surface area contributed by atoms with E-state index in [9.17, 15) is 14.4 Å². The zero-order chi connectivity index (χ0) is 15.4. The Kier molecular flexibility index (Phi) is 4.45. The molecule has 4 amide bonds. The van der Waals surface area contributed by atoms with Gasteiger partial charge in [0.05, 0.1) is 6.04 Å². The van der Waals surface area contributed by atoms with Crippen molar-refractivity contribution in [2.24, 2.45) is 0 Å². The standard InChI is InChI=1S/C11H17N7O3/c1-7(10-13-15-16-14-10)12-8(19)4-3-5-18-9(20)6-17(2)11(18)21/h7H,3-6H2,1-2H3,(H,12,19)(H,13,14,15,16). The van der Waals surface area contributed by atoms with Crippen LogP contribution in [0.4, 0.5) is 4.79 Å². The molecule has 114 valence electrons. The van der Waals surface area contributed by atoms with Crippen molar-refractivity contribution in [3.63, 3.8) is 0 Å². The highest BCUT2D eigenvalue weighted by molar-refractivity contribution is 6.01. The molecule has 0 bridgehead atoms. The molecule has 10 nitrogen and oxygen atoms in total. The summed E-state index contributed by atoms with van der Waals surface area (Å²) in [7, 11) is 1.57. The van der Waals surface area contributed by atoms with Gasteiger partial charge in [-0.3, -0.25) is 14.5 Å². The number of nitrogens with zero attached hydrogens (tertiary/aromatic N) is 5. The molecule has 2 heterocycles. The van der Waals surface area contributed by atoms with Gasteiger partial charge < -0.3 is 10.2 Å². The molecule has 10 heteroatoms. The van der Waals surface area contributed by atoms with E-state index in [1.807, 2.05) is 0 Å². The number of carbonyl (C=O) groups excluding carboxylic acids is 3. The summed E-state index contributed by atoms with van der Waals surface area (Å²) in [6.07, 6.45) is 0.624. The number of H-pyrrole nitrogens is 1. The van der Waals surface area contributed by atoms with Gasteiger partial charge in [0.1, 0.15) is 6.54 Å². The number of hydrogen-bond acceptors (Lipinski definition) is 6. The van der Waals surface area contributed by atoms with Gasteiger partial charge in [0.15, 0.2) is 5.82 Å². The van der Waals surface area contributed by atoms with Gasteiger partial charge in [-0.25, -0.2) is 4.79 Å². The summed E-state index contributed by atoms with van der Waals surface area (Å²) in [5, 5.41) is 16.0. The number of nitrogens with one attached hydrogen (secondary N) is 2.